The van der Waals surface area contributed by atoms with Crippen LogP contribution in [0, 0.1) is 0 Å². The molecule has 1 aliphatic carbocycles. The summed E-state index contributed by atoms with van der Waals surface area (Å²) < 4.78 is 25.5. The van der Waals surface area contributed by atoms with E-state index in [9.17, 15) is 13.2 Å². The summed E-state index contributed by atoms with van der Waals surface area (Å²) in [6, 6.07) is 11.5. The van der Waals surface area contributed by atoms with Gasteiger partial charge in [-0.15, -0.1) is 0 Å². The number of para-hydroxylation sites is 1. The number of carbonyl (C=O) groups excluding carboxylic acids is 1. The lowest BCUT2D eigenvalue weighted by atomic mass is 10.2. The molecule has 2 aliphatic rings. The molecule has 0 radical (unpaired) electrons. The molecule has 0 N–H and O–H groups in total. The van der Waals surface area contributed by atoms with E-state index in [1.807, 2.05) is 48.0 Å². The van der Waals surface area contributed by atoms with E-state index in [4.69, 9.17) is 0 Å². The maximum atomic E-state index is 13.1. The van der Waals surface area contributed by atoms with Gasteiger partial charge in [-0.25, -0.2) is 13.1 Å². The number of rotatable bonds is 5. The lowest BCUT2D eigenvalue weighted by Gasteiger charge is -2.25. The average molecular weight is 373 g/mol. The molecule has 0 spiro atoms. The van der Waals surface area contributed by atoms with Crippen LogP contribution in [0.15, 0.2) is 36.4 Å². The second-order valence-electron chi connectivity index (χ2n) is 7.12. The summed E-state index contributed by atoms with van der Waals surface area (Å²) in [6.45, 7) is 2.37. The van der Waals surface area contributed by atoms with Crippen molar-refractivity contribution in [3.63, 3.8) is 0 Å². The first-order valence-corrected chi connectivity index (χ1v) is 11.0. The number of hydrogen-bond donors (Lipinski definition) is 0. The van der Waals surface area contributed by atoms with Crippen molar-refractivity contribution in [1.29, 1.82) is 0 Å². The largest absolute Gasteiger partial charge is 0.333 e. The normalized spacial score (nSPS) is 21.7. The first-order chi connectivity index (χ1) is 12.5. The Morgan fingerprint density at radius 3 is 2.54 bits per heavy atom. The Morgan fingerprint density at radius 1 is 1.23 bits per heavy atom. The molecular weight excluding hydrogens is 350 g/mol. The summed E-state index contributed by atoms with van der Waals surface area (Å²) >= 11 is 0. The zero-order valence-electron chi connectivity index (χ0n) is 14.8. The lowest BCUT2D eigenvalue weighted by molar-refractivity contribution is 0.0702. The van der Waals surface area contributed by atoms with Crippen LogP contribution in [-0.2, 0) is 9.84 Å². The van der Waals surface area contributed by atoms with Crippen molar-refractivity contribution in [1.82, 2.24) is 14.7 Å². The van der Waals surface area contributed by atoms with Gasteiger partial charge >= 0.3 is 0 Å². The number of sulfone groups is 1. The third-order valence-electron chi connectivity index (χ3n) is 5.20. The topological polar surface area (TPSA) is 72.3 Å². The molecule has 1 saturated carbocycles. The summed E-state index contributed by atoms with van der Waals surface area (Å²) in [6.07, 6.45) is 2.74. The van der Waals surface area contributed by atoms with Crippen molar-refractivity contribution in [3.05, 3.63) is 47.8 Å². The average Bonchev–Trinajstić information content (AvgIpc) is 3.28. The molecule has 26 heavy (non-hydrogen) atoms. The summed E-state index contributed by atoms with van der Waals surface area (Å²) in [5, 5.41) is 4.59. The van der Waals surface area contributed by atoms with Crippen molar-refractivity contribution in [2.75, 3.05) is 18.1 Å². The fourth-order valence-corrected chi connectivity index (χ4v) is 5.41. The summed E-state index contributed by atoms with van der Waals surface area (Å²) in [5.74, 6) is 0.492. The first kappa shape index (κ1) is 17.3. The molecule has 2 fully saturated rings. The van der Waals surface area contributed by atoms with Gasteiger partial charge in [0, 0.05) is 24.2 Å². The van der Waals surface area contributed by atoms with Crippen molar-refractivity contribution in [2.45, 2.75) is 38.1 Å². The van der Waals surface area contributed by atoms with Crippen molar-refractivity contribution >= 4 is 15.7 Å². The van der Waals surface area contributed by atoms with Crippen LogP contribution < -0.4 is 0 Å². The van der Waals surface area contributed by atoms with Gasteiger partial charge in [0.25, 0.3) is 5.91 Å². The molecule has 6 nitrogen and oxygen atoms in total. The van der Waals surface area contributed by atoms with E-state index in [0.717, 1.165) is 24.2 Å². The SMILES string of the molecule is CCN(C(=O)c1cc(C2CC2)n(-c2ccccc2)n1)C1CCS(=O)(=O)C1. The highest BCUT2D eigenvalue weighted by Gasteiger charge is 2.36. The molecule has 1 atom stereocenters. The highest BCUT2D eigenvalue weighted by atomic mass is 32.2. The minimum Gasteiger partial charge on any atom is -0.333 e. The summed E-state index contributed by atoms with van der Waals surface area (Å²) in [4.78, 5) is 14.7. The number of hydrogen-bond acceptors (Lipinski definition) is 4. The molecule has 7 heteroatoms. The zero-order valence-corrected chi connectivity index (χ0v) is 15.7. The molecule has 1 aromatic heterocycles. The second kappa shape index (κ2) is 6.54. The number of benzene rings is 1. The van der Waals surface area contributed by atoms with Crippen LogP contribution in [0.5, 0.6) is 0 Å². The van der Waals surface area contributed by atoms with Crippen LogP contribution in [0.25, 0.3) is 5.69 Å². The van der Waals surface area contributed by atoms with Crippen LogP contribution in [0.3, 0.4) is 0 Å². The van der Waals surface area contributed by atoms with Crippen molar-refractivity contribution < 1.29 is 13.2 Å². The standard InChI is InChI=1S/C19H23N3O3S/c1-2-21(16-10-11-26(24,25)13-16)19(23)17-12-18(14-8-9-14)22(20-17)15-6-4-3-5-7-15/h3-7,12,14,16H,2,8-11,13H2,1H3. The predicted molar refractivity (Wildman–Crippen MR) is 99.3 cm³/mol. The van der Waals surface area contributed by atoms with Gasteiger partial charge < -0.3 is 4.90 Å². The van der Waals surface area contributed by atoms with E-state index in [0.29, 0.717) is 24.6 Å². The van der Waals surface area contributed by atoms with Crippen molar-refractivity contribution in [2.24, 2.45) is 0 Å². The highest BCUT2D eigenvalue weighted by Crippen LogP contribution is 2.41. The van der Waals surface area contributed by atoms with E-state index in [-0.39, 0.29) is 23.5 Å². The van der Waals surface area contributed by atoms with Gasteiger partial charge in [-0.3, -0.25) is 4.79 Å². The second-order valence-corrected chi connectivity index (χ2v) is 9.35. The van der Waals surface area contributed by atoms with Crippen LogP contribution in [0.1, 0.15) is 48.3 Å². The summed E-state index contributed by atoms with van der Waals surface area (Å²) in [5.41, 5.74) is 2.41. The Balaban J connectivity index is 1.66. The number of amides is 1. The molecule has 1 aliphatic heterocycles. The van der Waals surface area contributed by atoms with Gasteiger partial charge in [0.2, 0.25) is 0 Å². The highest BCUT2D eigenvalue weighted by molar-refractivity contribution is 7.91. The Morgan fingerprint density at radius 2 is 1.96 bits per heavy atom. The molecule has 1 saturated heterocycles. The van der Waals surface area contributed by atoms with Crippen LogP contribution in [-0.4, -0.2) is 53.1 Å². The Kier molecular flexibility index (Phi) is 4.34. The van der Waals surface area contributed by atoms with Crippen LogP contribution in [0.4, 0.5) is 0 Å². The van der Waals surface area contributed by atoms with E-state index in [1.54, 1.807) is 4.90 Å². The number of nitrogens with zero attached hydrogens (tertiary/aromatic N) is 3. The molecule has 1 aromatic carbocycles. The monoisotopic (exact) mass is 373 g/mol. The Labute approximate surface area is 153 Å². The van der Waals surface area contributed by atoms with E-state index in [1.165, 1.54) is 0 Å². The van der Waals surface area contributed by atoms with Crippen molar-refractivity contribution in [3.8, 4) is 5.69 Å². The third-order valence-corrected chi connectivity index (χ3v) is 6.95. The summed E-state index contributed by atoms with van der Waals surface area (Å²) in [7, 11) is -3.04. The van der Waals surface area contributed by atoms with E-state index in [2.05, 4.69) is 5.10 Å². The smallest absolute Gasteiger partial charge is 0.274 e. The van der Waals surface area contributed by atoms with E-state index >= 15 is 0 Å². The zero-order chi connectivity index (χ0) is 18.3. The van der Waals surface area contributed by atoms with Crippen LogP contribution >= 0.6 is 0 Å². The first-order valence-electron chi connectivity index (χ1n) is 9.15. The number of carbonyl (C=O) groups is 1. The molecular formula is C19H23N3O3S. The minimum atomic E-state index is -3.04. The van der Waals surface area contributed by atoms with Gasteiger partial charge in [0.05, 0.1) is 17.2 Å². The lowest BCUT2D eigenvalue weighted by Crippen LogP contribution is -2.41. The fraction of sp³-hybridized carbons (Fsp3) is 0.474. The van der Waals surface area contributed by atoms with Gasteiger partial charge in [-0.2, -0.15) is 5.10 Å². The van der Waals surface area contributed by atoms with Gasteiger partial charge in [0.15, 0.2) is 15.5 Å². The van der Waals surface area contributed by atoms with Gasteiger partial charge in [0.1, 0.15) is 0 Å². The molecule has 0 bridgehead atoms. The Bertz CT molecular complexity index is 917. The fourth-order valence-electron chi connectivity index (χ4n) is 3.68. The van der Waals surface area contributed by atoms with E-state index < -0.39 is 9.84 Å². The molecule has 1 unspecified atom stereocenters. The van der Waals surface area contributed by atoms with Crippen LogP contribution in [0.2, 0.25) is 0 Å². The van der Waals surface area contributed by atoms with Gasteiger partial charge in [-0.1, -0.05) is 18.2 Å². The molecule has 2 heterocycles. The third kappa shape index (κ3) is 3.28. The quantitative estimate of drug-likeness (QED) is 0.807. The molecule has 138 valence electrons. The van der Waals surface area contributed by atoms with Gasteiger partial charge in [-0.05, 0) is 44.4 Å². The molecule has 4 rings (SSSR count). The maximum absolute atomic E-state index is 13.1. The molecule has 2 aromatic rings. The number of aromatic nitrogens is 2. The Hall–Kier alpha value is -2.15. The predicted octanol–water partition coefficient (Wildman–Crippen LogP) is 2.40. The minimum absolute atomic E-state index is 0.0570. The molecule has 1 amide bonds. The maximum Gasteiger partial charge on any atom is 0.274 e.